The molecule has 4 rings (SSSR count). The summed E-state index contributed by atoms with van der Waals surface area (Å²) in [6.07, 6.45) is 7.51. The largest absolute Gasteiger partial charge is 0.359 e. The van der Waals surface area contributed by atoms with E-state index in [0.29, 0.717) is 0 Å². The molecule has 2 N–H and O–H groups in total. The highest BCUT2D eigenvalue weighted by atomic mass is 14.9. The highest BCUT2D eigenvalue weighted by Gasteiger charge is 2.14. The van der Waals surface area contributed by atoms with E-state index in [1.807, 2.05) is 30.7 Å². The predicted octanol–water partition coefficient (Wildman–Crippen LogP) is 3.41. The zero-order valence-electron chi connectivity index (χ0n) is 10.4. The smallest absolute Gasteiger partial charge is 0.138 e. The Morgan fingerprint density at radius 1 is 1.11 bits per heavy atom. The average molecular weight is 248 g/mol. The third-order valence-corrected chi connectivity index (χ3v) is 3.51. The molecule has 4 aromatic heterocycles. The molecule has 0 unspecified atom stereocenters. The molecule has 0 aliphatic rings. The van der Waals surface area contributed by atoms with Gasteiger partial charge in [0.1, 0.15) is 5.65 Å². The average Bonchev–Trinajstić information content (AvgIpc) is 2.98. The lowest BCUT2D eigenvalue weighted by Crippen LogP contribution is -1.78. The first kappa shape index (κ1) is 10.3. The van der Waals surface area contributed by atoms with Gasteiger partial charge in [-0.15, -0.1) is 0 Å². The summed E-state index contributed by atoms with van der Waals surface area (Å²) >= 11 is 0. The van der Waals surface area contributed by atoms with Gasteiger partial charge in [-0.1, -0.05) is 0 Å². The number of pyridine rings is 2. The van der Waals surface area contributed by atoms with E-state index in [9.17, 15) is 0 Å². The number of nitrogens with one attached hydrogen (secondary N) is 2. The van der Waals surface area contributed by atoms with E-state index in [2.05, 4.69) is 32.9 Å². The van der Waals surface area contributed by atoms with Gasteiger partial charge < -0.3 is 9.97 Å². The maximum Gasteiger partial charge on any atom is 0.138 e. The Labute approximate surface area is 109 Å². The van der Waals surface area contributed by atoms with Crippen molar-refractivity contribution in [3.05, 3.63) is 48.7 Å². The molecule has 0 aliphatic carbocycles. The van der Waals surface area contributed by atoms with E-state index < -0.39 is 0 Å². The van der Waals surface area contributed by atoms with Gasteiger partial charge in [0.25, 0.3) is 0 Å². The fourth-order valence-corrected chi connectivity index (χ4v) is 2.67. The van der Waals surface area contributed by atoms with E-state index in [-0.39, 0.29) is 0 Å². The first-order valence-electron chi connectivity index (χ1n) is 6.19. The summed E-state index contributed by atoms with van der Waals surface area (Å²) in [4.78, 5) is 15.1. The second-order valence-corrected chi connectivity index (χ2v) is 4.65. The zero-order chi connectivity index (χ0) is 12.8. The Morgan fingerprint density at radius 2 is 2.05 bits per heavy atom. The van der Waals surface area contributed by atoms with Crippen molar-refractivity contribution in [3.8, 4) is 11.1 Å². The van der Waals surface area contributed by atoms with Crippen molar-refractivity contribution in [2.24, 2.45) is 0 Å². The number of nitrogens with zero attached hydrogens (tertiary/aromatic N) is 2. The van der Waals surface area contributed by atoms with Gasteiger partial charge in [-0.05, 0) is 25.1 Å². The van der Waals surface area contributed by atoms with Crippen LogP contribution >= 0.6 is 0 Å². The molecule has 4 heterocycles. The van der Waals surface area contributed by atoms with Crippen LogP contribution in [0.15, 0.2) is 43.0 Å². The Hall–Kier alpha value is -2.62. The van der Waals surface area contributed by atoms with Crippen molar-refractivity contribution in [1.82, 2.24) is 19.9 Å². The van der Waals surface area contributed by atoms with Gasteiger partial charge in [0.05, 0.1) is 11.7 Å². The van der Waals surface area contributed by atoms with Crippen LogP contribution in [-0.4, -0.2) is 19.9 Å². The monoisotopic (exact) mass is 248 g/mol. The molecule has 0 saturated heterocycles. The van der Waals surface area contributed by atoms with Crippen LogP contribution in [0.1, 0.15) is 5.69 Å². The van der Waals surface area contributed by atoms with Crippen LogP contribution in [-0.2, 0) is 0 Å². The molecule has 0 fully saturated rings. The van der Waals surface area contributed by atoms with Gasteiger partial charge in [0.15, 0.2) is 0 Å². The quantitative estimate of drug-likeness (QED) is 0.542. The molecule has 0 bridgehead atoms. The van der Waals surface area contributed by atoms with Gasteiger partial charge in [0.2, 0.25) is 0 Å². The summed E-state index contributed by atoms with van der Waals surface area (Å²) in [7, 11) is 0. The number of hydrogen-bond donors (Lipinski definition) is 2. The summed E-state index contributed by atoms with van der Waals surface area (Å²) in [5.74, 6) is 0. The number of rotatable bonds is 1. The maximum absolute atomic E-state index is 4.37. The number of aromatic nitrogens is 4. The highest BCUT2D eigenvalue weighted by Crippen LogP contribution is 2.35. The Morgan fingerprint density at radius 3 is 3.00 bits per heavy atom. The van der Waals surface area contributed by atoms with Crippen molar-refractivity contribution in [2.75, 3.05) is 0 Å². The van der Waals surface area contributed by atoms with Gasteiger partial charge in [-0.2, -0.15) is 0 Å². The molecule has 0 saturated carbocycles. The minimum absolute atomic E-state index is 0.929. The molecular formula is C15H12N4. The highest BCUT2D eigenvalue weighted by molar-refractivity contribution is 6.04. The summed E-state index contributed by atoms with van der Waals surface area (Å²) in [6.45, 7) is 2.08. The third kappa shape index (κ3) is 1.40. The molecule has 4 heteroatoms. The van der Waals surface area contributed by atoms with Crippen LogP contribution in [0.5, 0.6) is 0 Å². The maximum atomic E-state index is 4.37. The van der Waals surface area contributed by atoms with Crippen molar-refractivity contribution >= 4 is 21.9 Å². The second kappa shape index (κ2) is 3.68. The molecule has 4 aromatic rings. The van der Waals surface area contributed by atoms with Gasteiger partial charge in [-0.3, -0.25) is 4.98 Å². The van der Waals surface area contributed by atoms with E-state index in [1.54, 1.807) is 6.20 Å². The van der Waals surface area contributed by atoms with Crippen molar-refractivity contribution in [2.45, 2.75) is 6.92 Å². The van der Waals surface area contributed by atoms with Crippen molar-refractivity contribution in [3.63, 3.8) is 0 Å². The summed E-state index contributed by atoms with van der Waals surface area (Å²) in [5, 5.41) is 2.33. The zero-order valence-corrected chi connectivity index (χ0v) is 10.4. The molecule has 4 nitrogen and oxygen atoms in total. The number of H-pyrrole nitrogens is 2. The lowest BCUT2D eigenvalue weighted by molar-refractivity contribution is 1.25. The number of hydrogen-bond acceptors (Lipinski definition) is 2. The van der Waals surface area contributed by atoms with Gasteiger partial charge in [-0.25, -0.2) is 4.98 Å². The van der Waals surface area contributed by atoms with Crippen LogP contribution < -0.4 is 0 Å². The van der Waals surface area contributed by atoms with E-state index >= 15 is 0 Å². The van der Waals surface area contributed by atoms with Crippen molar-refractivity contribution in [1.29, 1.82) is 0 Å². The standard InChI is InChI=1S/C15H12N4/c1-9-14(11-3-2-5-17-15(11)19-9)12-7-18-13-8-16-6-4-10(12)13/h2-8,18H,1H3,(H,17,19). The number of aromatic amines is 2. The number of aryl methyl sites for hydroxylation is 1. The minimum Gasteiger partial charge on any atom is -0.359 e. The van der Waals surface area contributed by atoms with Crippen molar-refractivity contribution < 1.29 is 0 Å². The molecule has 0 spiro atoms. The van der Waals surface area contributed by atoms with Crippen LogP contribution in [0.3, 0.4) is 0 Å². The Balaban J connectivity index is 2.12. The fraction of sp³-hybridized carbons (Fsp3) is 0.0667. The number of fused-ring (bicyclic) bond motifs is 2. The van der Waals surface area contributed by atoms with Gasteiger partial charge in [0, 0.05) is 46.2 Å². The molecule has 19 heavy (non-hydrogen) atoms. The predicted molar refractivity (Wildman–Crippen MR) is 75.9 cm³/mol. The summed E-state index contributed by atoms with van der Waals surface area (Å²) in [5.41, 5.74) is 5.51. The van der Waals surface area contributed by atoms with E-state index in [0.717, 1.165) is 22.2 Å². The van der Waals surface area contributed by atoms with Crippen LogP contribution in [0, 0.1) is 6.92 Å². The molecule has 92 valence electrons. The lowest BCUT2D eigenvalue weighted by Gasteiger charge is -1.99. The first-order chi connectivity index (χ1) is 9.34. The first-order valence-corrected chi connectivity index (χ1v) is 6.19. The van der Waals surface area contributed by atoms with Crippen LogP contribution in [0.2, 0.25) is 0 Å². The SMILES string of the molecule is Cc1[nH]c2ncccc2c1-c1c[nH]c2cnccc12. The molecule has 0 atom stereocenters. The summed E-state index contributed by atoms with van der Waals surface area (Å²) < 4.78 is 0. The van der Waals surface area contributed by atoms with E-state index in [4.69, 9.17) is 0 Å². The van der Waals surface area contributed by atoms with Crippen LogP contribution in [0.25, 0.3) is 33.1 Å². The topological polar surface area (TPSA) is 57.4 Å². The molecule has 0 radical (unpaired) electrons. The van der Waals surface area contributed by atoms with Crippen LogP contribution in [0.4, 0.5) is 0 Å². The van der Waals surface area contributed by atoms with Gasteiger partial charge >= 0.3 is 0 Å². The molecule has 0 amide bonds. The Bertz CT molecular complexity index is 885. The summed E-state index contributed by atoms with van der Waals surface area (Å²) in [6, 6.07) is 6.10. The molecular weight excluding hydrogens is 236 g/mol. The molecule has 0 aliphatic heterocycles. The minimum atomic E-state index is 0.929. The molecule has 0 aromatic carbocycles. The normalized spacial score (nSPS) is 11.4. The third-order valence-electron chi connectivity index (χ3n) is 3.51. The second-order valence-electron chi connectivity index (χ2n) is 4.65. The lowest BCUT2D eigenvalue weighted by atomic mass is 10.0. The fourth-order valence-electron chi connectivity index (χ4n) is 2.67. The Kier molecular flexibility index (Phi) is 2.00. The van der Waals surface area contributed by atoms with E-state index in [1.165, 1.54) is 16.5 Å².